The second kappa shape index (κ2) is 9.50. The Morgan fingerprint density at radius 2 is 1.82 bits per heavy atom. The number of halogens is 1. The van der Waals surface area contributed by atoms with Crippen LogP contribution in [0.2, 0.25) is 0 Å². The van der Waals surface area contributed by atoms with E-state index in [1.807, 2.05) is 0 Å². The topological polar surface area (TPSA) is 98.7 Å². The Labute approximate surface area is 162 Å². The zero-order valence-corrected chi connectivity index (χ0v) is 15.6. The second-order valence-electron chi connectivity index (χ2n) is 6.44. The van der Waals surface area contributed by atoms with E-state index in [4.69, 9.17) is 5.11 Å². The van der Waals surface area contributed by atoms with Gasteiger partial charge in [0, 0.05) is 31.4 Å². The molecule has 0 aliphatic carbocycles. The first-order chi connectivity index (χ1) is 13.3. The third-order valence-corrected chi connectivity index (χ3v) is 4.05. The molecule has 7 nitrogen and oxygen atoms in total. The number of nitrogens with zero attached hydrogens (tertiary/aromatic N) is 1. The van der Waals surface area contributed by atoms with E-state index in [9.17, 15) is 18.8 Å². The Morgan fingerprint density at radius 1 is 1.14 bits per heavy atom. The third-order valence-electron chi connectivity index (χ3n) is 4.05. The number of carboxylic acids is 1. The summed E-state index contributed by atoms with van der Waals surface area (Å²) in [6, 6.07) is 11.7. The van der Waals surface area contributed by atoms with E-state index in [2.05, 4.69) is 10.6 Å². The molecule has 0 radical (unpaired) electrons. The highest BCUT2D eigenvalue weighted by Crippen LogP contribution is 2.13. The van der Waals surface area contributed by atoms with Crippen molar-refractivity contribution in [1.29, 1.82) is 0 Å². The van der Waals surface area contributed by atoms with E-state index in [1.165, 1.54) is 43.1 Å². The maximum atomic E-state index is 12.9. The fraction of sp³-hybridized carbons (Fsp3) is 0.250. The average Bonchev–Trinajstić information content (AvgIpc) is 2.66. The van der Waals surface area contributed by atoms with Gasteiger partial charge in [-0.25, -0.2) is 9.18 Å². The molecule has 2 aromatic carbocycles. The first-order valence-corrected chi connectivity index (χ1v) is 8.64. The molecule has 0 bridgehead atoms. The summed E-state index contributed by atoms with van der Waals surface area (Å²) in [5.74, 6) is -2.43. The van der Waals surface area contributed by atoms with Crippen LogP contribution in [-0.2, 0) is 11.3 Å². The van der Waals surface area contributed by atoms with E-state index in [0.717, 1.165) is 5.56 Å². The van der Waals surface area contributed by atoms with Crippen molar-refractivity contribution in [2.24, 2.45) is 5.92 Å². The van der Waals surface area contributed by atoms with Crippen molar-refractivity contribution in [1.82, 2.24) is 10.2 Å². The van der Waals surface area contributed by atoms with Gasteiger partial charge in [0.1, 0.15) is 5.82 Å². The Kier molecular flexibility index (Phi) is 7.08. The van der Waals surface area contributed by atoms with Crippen LogP contribution in [0.4, 0.5) is 14.9 Å². The Bertz CT molecular complexity index is 855. The molecule has 0 spiro atoms. The van der Waals surface area contributed by atoms with E-state index in [-0.39, 0.29) is 19.0 Å². The van der Waals surface area contributed by atoms with E-state index < -0.39 is 23.7 Å². The highest BCUT2D eigenvalue weighted by molar-refractivity contribution is 6.04. The Balaban J connectivity index is 1.92. The van der Waals surface area contributed by atoms with Crippen LogP contribution in [0.3, 0.4) is 0 Å². The van der Waals surface area contributed by atoms with Crippen molar-refractivity contribution in [2.75, 3.05) is 18.9 Å². The summed E-state index contributed by atoms with van der Waals surface area (Å²) in [6.07, 6.45) is 0. The summed E-state index contributed by atoms with van der Waals surface area (Å²) in [5, 5.41) is 14.3. The van der Waals surface area contributed by atoms with Crippen LogP contribution < -0.4 is 10.6 Å². The molecule has 3 amide bonds. The number of carboxylic acid groups (broad SMARTS) is 1. The fourth-order valence-electron chi connectivity index (χ4n) is 2.45. The van der Waals surface area contributed by atoms with E-state index in [0.29, 0.717) is 11.3 Å². The van der Waals surface area contributed by atoms with Crippen LogP contribution in [0.25, 0.3) is 0 Å². The molecule has 0 aliphatic rings. The van der Waals surface area contributed by atoms with Gasteiger partial charge in [-0.3, -0.25) is 9.59 Å². The molecule has 148 valence electrons. The molecule has 1 atom stereocenters. The summed E-state index contributed by atoms with van der Waals surface area (Å²) in [5.41, 5.74) is 1.62. The van der Waals surface area contributed by atoms with Gasteiger partial charge in [-0.05, 0) is 42.0 Å². The second-order valence-corrected chi connectivity index (χ2v) is 6.44. The maximum Gasteiger partial charge on any atom is 0.317 e. The van der Waals surface area contributed by atoms with Crippen molar-refractivity contribution in [3.63, 3.8) is 0 Å². The molecule has 0 aliphatic heterocycles. The van der Waals surface area contributed by atoms with Crippen LogP contribution >= 0.6 is 0 Å². The third kappa shape index (κ3) is 6.08. The maximum absolute atomic E-state index is 12.9. The quantitative estimate of drug-likeness (QED) is 0.680. The van der Waals surface area contributed by atoms with Crippen molar-refractivity contribution in [3.8, 4) is 0 Å². The average molecular weight is 387 g/mol. The van der Waals surface area contributed by atoms with Gasteiger partial charge in [-0.1, -0.05) is 19.1 Å². The van der Waals surface area contributed by atoms with Crippen LogP contribution in [0.1, 0.15) is 22.8 Å². The number of anilines is 1. The van der Waals surface area contributed by atoms with E-state index in [1.54, 1.807) is 24.3 Å². The van der Waals surface area contributed by atoms with Crippen LogP contribution in [0, 0.1) is 11.7 Å². The minimum atomic E-state index is -0.968. The highest BCUT2D eigenvalue weighted by Gasteiger charge is 2.17. The molecular weight excluding hydrogens is 365 g/mol. The van der Waals surface area contributed by atoms with Gasteiger partial charge in [0.05, 0.1) is 5.92 Å². The first kappa shape index (κ1) is 20.9. The Hall–Kier alpha value is -3.42. The molecule has 2 aromatic rings. The van der Waals surface area contributed by atoms with Gasteiger partial charge in [0.15, 0.2) is 0 Å². The lowest BCUT2D eigenvalue weighted by molar-refractivity contribution is -0.141. The van der Waals surface area contributed by atoms with Crippen molar-refractivity contribution >= 4 is 23.6 Å². The van der Waals surface area contributed by atoms with Crippen LogP contribution in [0.5, 0.6) is 0 Å². The SMILES string of the molecule is CC(CN(C)C(=O)NCc1cccc(NC(=O)c2ccc(F)cc2)c1)C(=O)O. The molecule has 8 heteroatoms. The molecule has 0 aromatic heterocycles. The smallest absolute Gasteiger partial charge is 0.317 e. The standard InChI is InChI=1S/C20H22FN3O4/c1-13(19(26)27)12-24(2)20(28)22-11-14-4-3-5-17(10-14)23-18(25)15-6-8-16(21)9-7-15/h3-10,13H,11-12H2,1-2H3,(H,22,28)(H,23,25)(H,26,27). The minimum absolute atomic E-state index is 0.0922. The summed E-state index contributed by atoms with van der Waals surface area (Å²) in [6.45, 7) is 1.83. The van der Waals surface area contributed by atoms with Gasteiger partial charge in [-0.15, -0.1) is 0 Å². The Morgan fingerprint density at radius 3 is 2.46 bits per heavy atom. The molecular formula is C20H22FN3O4. The van der Waals surface area contributed by atoms with Gasteiger partial charge >= 0.3 is 12.0 Å². The van der Waals surface area contributed by atoms with Crippen molar-refractivity contribution in [3.05, 3.63) is 65.5 Å². The van der Waals surface area contributed by atoms with Gasteiger partial charge in [-0.2, -0.15) is 0 Å². The monoisotopic (exact) mass is 387 g/mol. The number of urea groups is 1. The molecule has 1 unspecified atom stereocenters. The number of aliphatic carboxylic acids is 1. The lowest BCUT2D eigenvalue weighted by Gasteiger charge is -2.20. The number of amides is 3. The minimum Gasteiger partial charge on any atom is -0.481 e. The fourth-order valence-corrected chi connectivity index (χ4v) is 2.45. The first-order valence-electron chi connectivity index (χ1n) is 8.64. The highest BCUT2D eigenvalue weighted by atomic mass is 19.1. The normalized spacial score (nSPS) is 11.4. The van der Waals surface area contributed by atoms with Crippen LogP contribution in [0.15, 0.2) is 48.5 Å². The molecule has 0 saturated carbocycles. The number of benzene rings is 2. The molecule has 0 heterocycles. The number of hydrogen-bond acceptors (Lipinski definition) is 3. The number of carbonyl (C=O) groups is 3. The zero-order chi connectivity index (χ0) is 20.7. The van der Waals surface area contributed by atoms with Crippen molar-refractivity contribution in [2.45, 2.75) is 13.5 Å². The number of hydrogen-bond donors (Lipinski definition) is 3. The summed E-state index contributed by atoms with van der Waals surface area (Å²) >= 11 is 0. The predicted molar refractivity (Wildman–Crippen MR) is 102 cm³/mol. The number of nitrogens with one attached hydrogen (secondary N) is 2. The molecule has 0 fully saturated rings. The largest absolute Gasteiger partial charge is 0.481 e. The predicted octanol–water partition coefficient (Wildman–Crippen LogP) is 2.94. The zero-order valence-electron chi connectivity index (χ0n) is 15.6. The summed E-state index contributed by atoms with van der Waals surface area (Å²) in [4.78, 5) is 36.4. The molecule has 28 heavy (non-hydrogen) atoms. The number of carbonyl (C=O) groups excluding carboxylic acids is 2. The lowest BCUT2D eigenvalue weighted by atomic mass is 10.1. The molecule has 2 rings (SSSR count). The van der Waals surface area contributed by atoms with Gasteiger partial charge in [0.2, 0.25) is 0 Å². The summed E-state index contributed by atoms with van der Waals surface area (Å²) < 4.78 is 12.9. The number of rotatable bonds is 7. The van der Waals surface area contributed by atoms with Gasteiger partial charge < -0.3 is 20.6 Å². The molecule has 0 saturated heterocycles. The van der Waals surface area contributed by atoms with Gasteiger partial charge in [0.25, 0.3) is 5.91 Å². The van der Waals surface area contributed by atoms with Crippen molar-refractivity contribution < 1.29 is 23.9 Å². The summed E-state index contributed by atoms with van der Waals surface area (Å²) in [7, 11) is 1.52. The van der Waals surface area contributed by atoms with Crippen LogP contribution in [-0.4, -0.2) is 41.5 Å². The lowest BCUT2D eigenvalue weighted by Crippen LogP contribution is -2.40. The molecule has 3 N–H and O–H groups in total. The van der Waals surface area contributed by atoms with E-state index >= 15 is 0 Å².